The predicted molar refractivity (Wildman–Crippen MR) is 65.7 cm³/mol. The van der Waals surface area contributed by atoms with Gasteiger partial charge in [0.05, 0.1) is 6.61 Å². The number of hydrogen-bond acceptors (Lipinski definition) is 3. The topological polar surface area (TPSA) is 61.4 Å². The number of rotatable bonds is 4. The molecular weight excluding hydrogens is 216 g/mol. The lowest BCUT2D eigenvalue weighted by molar-refractivity contribution is 0.0950. The number of carbonyl (C=O) groups excluding carboxylic acids is 1. The molecule has 4 nitrogen and oxygen atoms in total. The fourth-order valence-electron chi connectivity index (χ4n) is 2.06. The number of hydrogen-bond donors (Lipinski definition) is 3. The van der Waals surface area contributed by atoms with Gasteiger partial charge in [-0.25, -0.2) is 0 Å². The van der Waals surface area contributed by atoms with Gasteiger partial charge in [-0.2, -0.15) is 0 Å². The highest BCUT2D eigenvalue weighted by atomic mass is 16.3. The highest BCUT2D eigenvalue weighted by Gasteiger charge is 2.15. The van der Waals surface area contributed by atoms with Crippen molar-refractivity contribution >= 4 is 5.91 Å². The largest absolute Gasteiger partial charge is 0.392 e. The van der Waals surface area contributed by atoms with Crippen molar-refractivity contribution in [3.8, 4) is 0 Å². The van der Waals surface area contributed by atoms with Crippen LogP contribution >= 0.6 is 0 Å². The van der Waals surface area contributed by atoms with Crippen LogP contribution < -0.4 is 10.6 Å². The monoisotopic (exact) mass is 234 g/mol. The van der Waals surface area contributed by atoms with Crippen molar-refractivity contribution < 1.29 is 9.90 Å². The number of benzene rings is 1. The molecule has 0 saturated carbocycles. The van der Waals surface area contributed by atoms with E-state index in [0.717, 1.165) is 18.5 Å². The van der Waals surface area contributed by atoms with Crippen LogP contribution in [0.2, 0.25) is 0 Å². The molecule has 3 N–H and O–H groups in total. The number of nitrogens with one attached hydrogen (secondary N) is 2. The van der Waals surface area contributed by atoms with E-state index >= 15 is 0 Å². The molecule has 0 spiro atoms. The molecule has 0 radical (unpaired) electrons. The molecule has 92 valence electrons. The smallest absolute Gasteiger partial charge is 0.251 e. The van der Waals surface area contributed by atoms with Gasteiger partial charge in [-0.15, -0.1) is 0 Å². The highest BCUT2D eigenvalue weighted by Crippen LogP contribution is 2.06. The van der Waals surface area contributed by atoms with E-state index in [-0.39, 0.29) is 12.5 Å². The summed E-state index contributed by atoms with van der Waals surface area (Å²) in [5.74, 6) is -0.0750. The third-order valence-corrected chi connectivity index (χ3v) is 3.04. The summed E-state index contributed by atoms with van der Waals surface area (Å²) in [6, 6.07) is 7.47. The van der Waals surface area contributed by atoms with Crippen LogP contribution in [0, 0.1) is 0 Å². The van der Waals surface area contributed by atoms with Gasteiger partial charge >= 0.3 is 0 Å². The summed E-state index contributed by atoms with van der Waals surface area (Å²) in [6.07, 6.45) is 2.30. The first-order valence-electron chi connectivity index (χ1n) is 6.01. The summed E-state index contributed by atoms with van der Waals surface area (Å²) in [5, 5.41) is 15.2. The zero-order chi connectivity index (χ0) is 12.1. The van der Waals surface area contributed by atoms with Crippen LogP contribution in [-0.4, -0.2) is 30.1 Å². The molecule has 2 rings (SSSR count). The van der Waals surface area contributed by atoms with Crippen LogP contribution in [0.15, 0.2) is 24.3 Å². The second kappa shape index (κ2) is 5.80. The maximum Gasteiger partial charge on any atom is 0.251 e. The van der Waals surface area contributed by atoms with E-state index in [1.807, 2.05) is 0 Å². The molecule has 1 saturated heterocycles. The normalized spacial score (nSPS) is 19.2. The van der Waals surface area contributed by atoms with Crippen molar-refractivity contribution in [2.45, 2.75) is 25.5 Å². The standard InChI is InChI=1S/C13H18N2O2/c16-9-10-3-1-4-11(7-10)13(17)15-8-12-5-2-6-14-12/h1,3-4,7,12,14,16H,2,5-6,8-9H2,(H,15,17). The number of amides is 1. The van der Waals surface area contributed by atoms with Crippen molar-refractivity contribution in [1.29, 1.82) is 0 Å². The first-order chi connectivity index (χ1) is 8.29. The Bertz CT molecular complexity index is 387. The maximum absolute atomic E-state index is 11.8. The van der Waals surface area contributed by atoms with Gasteiger partial charge < -0.3 is 15.7 Å². The molecule has 1 atom stereocenters. The van der Waals surface area contributed by atoms with Crippen molar-refractivity contribution in [1.82, 2.24) is 10.6 Å². The lowest BCUT2D eigenvalue weighted by Crippen LogP contribution is -2.37. The van der Waals surface area contributed by atoms with E-state index in [1.54, 1.807) is 24.3 Å². The summed E-state index contributed by atoms with van der Waals surface area (Å²) < 4.78 is 0. The fourth-order valence-corrected chi connectivity index (χ4v) is 2.06. The molecule has 1 heterocycles. The Labute approximate surface area is 101 Å². The zero-order valence-corrected chi connectivity index (χ0v) is 9.78. The Morgan fingerprint density at radius 1 is 1.53 bits per heavy atom. The van der Waals surface area contributed by atoms with E-state index in [0.29, 0.717) is 18.2 Å². The van der Waals surface area contributed by atoms with Gasteiger partial charge in [0, 0.05) is 18.2 Å². The van der Waals surface area contributed by atoms with Crippen LogP contribution in [0.5, 0.6) is 0 Å². The summed E-state index contributed by atoms with van der Waals surface area (Å²) >= 11 is 0. The summed E-state index contributed by atoms with van der Waals surface area (Å²) in [4.78, 5) is 11.8. The Balaban J connectivity index is 1.89. The predicted octanol–water partition coefficient (Wildman–Crippen LogP) is 0.661. The molecule has 1 aromatic rings. The number of aliphatic hydroxyl groups is 1. The number of aliphatic hydroxyl groups excluding tert-OH is 1. The van der Waals surface area contributed by atoms with E-state index in [9.17, 15) is 4.79 Å². The molecule has 1 aromatic carbocycles. The van der Waals surface area contributed by atoms with Crippen LogP contribution in [0.1, 0.15) is 28.8 Å². The van der Waals surface area contributed by atoms with Gasteiger partial charge in [-0.1, -0.05) is 12.1 Å². The van der Waals surface area contributed by atoms with Gasteiger partial charge in [-0.05, 0) is 37.1 Å². The van der Waals surface area contributed by atoms with Crippen LogP contribution in [0.3, 0.4) is 0 Å². The fraction of sp³-hybridized carbons (Fsp3) is 0.462. The number of carbonyl (C=O) groups is 1. The first-order valence-corrected chi connectivity index (χ1v) is 6.01. The Kier molecular flexibility index (Phi) is 4.12. The molecule has 1 unspecified atom stereocenters. The molecule has 0 bridgehead atoms. The average molecular weight is 234 g/mol. The van der Waals surface area contributed by atoms with Gasteiger partial charge in [0.25, 0.3) is 5.91 Å². The van der Waals surface area contributed by atoms with Crippen molar-refractivity contribution in [2.24, 2.45) is 0 Å². The summed E-state index contributed by atoms with van der Waals surface area (Å²) in [5.41, 5.74) is 1.37. The molecule has 4 heteroatoms. The maximum atomic E-state index is 11.8. The molecule has 1 fully saturated rings. The molecule has 1 aliphatic rings. The molecule has 1 amide bonds. The molecular formula is C13H18N2O2. The quantitative estimate of drug-likeness (QED) is 0.717. The van der Waals surface area contributed by atoms with Crippen LogP contribution in [0.4, 0.5) is 0 Å². The second-order valence-electron chi connectivity index (χ2n) is 4.36. The summed E-state index contributed by atoms with van der Waals surface area (Å²) in [6.45, 7) is 1.67. The average Bonchev–Trinajstić information content (AvgIpc) is 2.89. The third kappa shape index (κ3) is 3.28. The molecule has 17 heavy (non-hydrogen) atoms. The Morgan fingerprint density at radius 2 is 2.41 bits per heavy atom. The highest BCUT2D eigenvalue weighted by molar-refractivity contribution is 5.94. The van der Waals surface area contributed by atoms with Crippen molar-refractivity contribution in [3.63, 3.8) is 0 Å². The lowest BCUT2D eigenvalue weighted by Gasteiger charge is -2.11. The minimum absolute atomic E-state index is 0.0364. The molecule has 0 aromatic heterocycles. The van der Waals surface area contributed by atoms with Gasteiger partial charge in [-0.3, -0.25) is 4.79 Å². The minimum atomic E-state index is -0.0750. The minimum Gasteiger partial charge on any atom is -0.392 e. The first kappa shape index (κ1) is 12.1. The van der Waals surface area contributed by atoms with E-state index < -0.39 is 0 Å². The Hall–Kier alpha value is -1.39. The summed E-state index contributed by atoms with van der Waals surface area (Å²) in [7, 11) is 0. The van der Waals surface area contributed by atoms with E-state index in [2.05, 4.69) is 10.6 Å². The van der Waals surface area contributed by atoms with Crippen molar-refractivity contribution in [2.75, 3.05) is 13.1 Å². The van der Waals surface area contributed by atoms with Crippen LogP contribution in [-0.2, 0) is 6.61 Å². The van der Waals surface area contributed by atoms with Crippen LogP contribution in [0.25, 0.3) is 0 Å². The lowest BCUT2D eigenvalue weighted by atomic mass is 10.1. The zero-order valence-electron chi connectivity index (χ0n) is 9.78. The van der Waals surface area contributed by atoms with Gasteiger partial charge in [0.15, 0.2) is 0 Å². The van der Waals surface area contributed by atoms with E-state index in [1.165, 1.54) is 6.42 Å². The molecule has 1 aliphatic heterocycles. The Morgan fingerprint density at radius 3 is 3.12 bits per heavy atom. The SMILES string of the molecule is O=C(NCC1CCCN1)c1cccc(CO)c1. The third-order valence-electron chi connectivity index (χ3n) is 3.04. The van der Waals surface area contributed by atoms with E-state index in [4.69, 9.17) is 5.11 Å². The van der Waals surface area contributed by atoms with Gasteiger partial charge in [0.2, 0.25) is 0 Å². The van der Waals surface area contributed by atoms with Crippen molar-refractivity contribution in [3.05, 3.63) is 35.4 Å². The molecule has 0 aliphatic carbocycles. The second-order valence-corrected chi connectivity index (χ2v) is 4.36. The van der Waals surface area contributed by atoms with Gasteiger partial charge in [0.1, 0.15) is 0 Å².